The fourth-order valence-electron chi connectivity index (χ4n) is 4.65. The summed E-state index contributed by atoms with van der Waals surface area (Å²) in [4.78, 5) is 0. The summed E-state index contributed by atoms with van der Waals surface area (Å²) in [7, 11) is -2.63. The van der Waals surface area contributed by atoms with Crippen LogP contribution in [0.2, 0.25) is 5.04 Å². The van der Waals surface area contributed by atoms with E-state index in [1.165, 1.54) is 10.4 Å². The van der Waals surface area contributed by atoms with Gasteiger partial charge >= 0.3 is 0 Å². The van der Waals surface area contributed by atoms with E-state index in [1.54, 1.807) is 0 Å². The molecule has 1 aliphatic carbocycles. The van der Waals surface area contributed by atoms with Crippen molar-refractivity contribution >= 4 is 18.7 Å². The average molecular weight is 447 g/mol. The highest BCUT2D eigenvalue weighted by Gasteiger charge is 2.57. The van der Waals surface area contributed by atoms with Gasteiger partial charge in [0.1, 0.15) is 0 Å². The first-order chi connectivity index (χ1) is 15.4. The molecular weight excluding hydrogens is 412 g/mol. The van der Waals surface area contributed by atoms with Crippen LogP contribution in [0.3, 0.4) is 0 Å². The van der Waals surface area contributed by atoms with Gasteiger partial charge in [0.25, 0.3) is 8.32 Å². The molecule has 1 aliphatic rings. The number of aliphatic hydroxyl groups is 1. The fourth-order valence-corrected chi connectivity index (χ4v) is 9.27. The molecule has 1 N–H and O–H groups in total. The van der Waals surface area contributed by atoms with Gasteiger partial charge in [-0.05, 0) is 27.4 Å². The maximum atomic E-state index is 11.2. The lowest BCUT2D eigenvalue weighted by Crippen LogP contribution is -2.67. The predicted molar refractivity (Wildman–Crippen MR) is 133 cm³/mol. The zero-order valence-corrected chi connectivity index (χ0v) is 20.3. The highest BCUT2D eigenvalue weighted by molar-refractivity contribution is 6.99. The van der Waals surface area contributed by atoms with E-state index >= 15 is 0 Å². The molecule has 4 heteroatoms. The molecule has 0 heterocycles. The Labute approximate surface area is 193 Å². The molecule has 3 nitrogen and oxygen atoms in total. The second kappa shape index (κ2) is 9.32. The van der Waals surface area contributed by atoms with Crippen LogP contribution in [0.1, 0.15) is 32.8 Å². The summed E-state index contributed by atoms with van der Waals surface area (Å²) < 4.78 is 12.8. The number of benzene rings is 3. The summed E-state index contributed by atoms with van der Waals surface area (Å²) in [6.45, 7) is 8.24. The van der Waals surface area contributed by atoms with E-state index < -0.39 is 13.9 Å². The normalized spacial score (nSPS) is 20.8. The fraction of sp³-hybridized carbons (Fsp3) is 0.357. The van der Waals surface area contributed by atoms with Gasteiger partial charge in [0.15, 0.2) is 0 Å². The average Bonchev–Trinajstić information content (AvgIpc) is 3.45. The standard InChI is InChI=1S/C28H34O3Si/c1-27(2,3)32(25-15-9-5-10-16-25,26-17-11-6-12-18-26)31-22-28(29)19-24(28)21-30-20-23-13-7-4-8-14-23/h4-18,24,29H,19-22H2,1-3H3/t24-,28-/m1/s1. The smallest absolute Gasteiger partial charge is 0.261 e. The van der Waals surface area contributed by atoms with E-state index in [4.69, 9.17) is 9.16 Å². The predicted octanol–water partition coefficient (Wildman–Crippen LogP) is 4.53. The Kier molecular flexibility index (Phi) is 6.68. The van der Waals surface area contributed by atoms with E-state index in [0.29, 0.717) is 19.8 Å². The van der Waals surface area contributed by atoms with Crippen LogP contribution < -0.4 is 10.4 Å². The molecule has 3 aromatic rings. The van der Waals surface area contributed by atoms with E-state index in [-0.39, 0.29) is 11.0 Å². The Morgan fingerprint density at radius 1 is 0.844 bits per heavy atom. The molecule has 0 bridgehead atoms. The second-order valence-electron chi connectivity index (χ2n) is 9.96. The molecule has 0 amide bonds. The Hall–Kier alpha value is -2.24. The maximum Gasteiger partial charge on any atom is 0.261 e. The highest BCUT2D eigenvalue weighted by Crippen LogP contribution is 2.46. The quantitative estimate of drug-likeness (QED) is 0.491. The van der Waals surface area contributed by atoms with Gasteiger partial charge in [-0.2, -0.15) is 0 Å². The zero-order chi connectivity index (χ0) is 22.7. The lowest BCUT2D eigenvalue weighted by molar-refractivity contribution is 0.0359. The first kappa shape index (κ1) is 22.9. The van der Waals surface area contributed by atoms with E-state index in [1.807, 2.05) is 30.3 Å². The van der Waals surface area contributed by atoms with Crippen molar-refractivity contribution < 1.29 is 14.3 Å². The molecule has 0 spiro atoms. The number of hydrogen-bond donors (Lipinski definition) is 1. The van der Waals surface area contributed by atoms with Gasteiger partial charge in [-0.1, -0.05) is 112 Å². The third-order valence-corrected chi connectivity index (χ3v) is 11.6. The van der Waals surface area contributed by atoms with Crippen molar-refractivity contribution in [3.05, 3.63) is 96.6 Å². The summed E-state index contributed by atoms with van der Waals surface area (Å²) >= 11 is 0. The third kappa shape index (κ3) is 4.74. The van der Waals surface area contributed by atoms with Crippen LogP contribution in [0, 0.1) is 5.92 Å². The Morgan fingerprint density at radius 3 is 1.84 bits per heavy atom. The van der Waals surface area contributed by atoms with Gasteiger partial charge in [-0.15, -0.1) is 0 Å². The van der Waals surface area contributed by atoms with Crippen LogP contribution in [0.25, 0.3) is 0 Å². The third-order valence-electron chi connectivity index (χ3n) is 6.59. The van der Waals surface area contributed by atoms with Crippen LogP contribution >= 0.6 is 0 Å². The molecule has 0 saturated heterocycles. The van der Waals surface area contributed by atoms with Crippen molar-refractivity contribution in [2.45, 2.75) is 44.4 Å². The van der Waals surface area contributed by atoms with Crippen molar-refractivity contribution in [1.82, 2.24) is 0 Å². The van der Waals surface area contributed by atoms with E-state index in [9.17, 15) is 5.11 Å². The molecule has 3 aromatic carbocycles. The number of rotatable bonds is 9. The van der Waals surface area contributed by atoms with Crippen LogP contribution in [0.15, 0.2) is 91.0 Å². The van der Waals surface area contributed by atoms with Gasteiger partial charge in [-0.3, -0.25) is 0 Å². The molecule has 32 heavy (non-hydrogen) atoms. The van der Waals surface area contributed by atoms with E-state index in [0.717, 1.165) is 12.0 Å². The number of ether oxygens (including phenoxy) is 1. The van der Waals surface area contributed by atoms with Crippen LogP contribution in [0.4, 0.5) is 0 Å². The summed E-state index contributed by atoms with van der Waals surface area (Å²) in [6, 6.07) is 31.3. The molecule has 168 valence electrons. The van der Waals surface area contributed by atoms with Crippen molar-refractivity contribution in [1.29, 1.82) is 0 Å². The molecule has 1 fully saturated rings. The van der Waals surface area contributed by atoms with E-state index in [2.05, 4.69) is 81.4 Å². The number of hydrogen-bond acceptors (Lipinski definition) is 3. The molecule has 0 aromatic heterocycles. The second-order valence-corrected chi connectivity index (χ2v) is 14.3. The van der Waals surface area contributed by atoms with Gasteiger partial charge < -0.3 is 14.3 Å². The lowest BCUT2D eigenvalue weighted by atomic mass is 10.2. The van der Waals surface area contributed by atoms with Gasteiger partial charge in [0, 0.05) is 5.92 Å². The monoisotopic (exact) mass is 446 g/mol. The summed E-state index contributed by atoms with van der Waals surface area (Å²) in [6.07, 6.45) is 0.722. The summed E-state index contributed by atoms with van der Waals surface area (Å²) in [5, 5.41) is 13.6. The van der Waals surface area contributed by atoms with Gasteiger partial charge in [-0.25, -0.2) is 0 Å². The Morgan fingerprint density at radius 2 is 1.34 bits per heavy atom. The first-order valence-corrected chi connectivity index (χ1v) is 13.3. The van der Waals surface area contributed by atoms with Crippen LogP contribution in [0.5, 0.6) is 0 Å². The minimum atomic E-state index is -2.63. The topological polar surface area (TPSA) is 38.7 Å². The molecule has 0 unspecified atom stereocenters. The van der Waals surface area contributed by atoms with Crippen LogP contribution in [-0.4, -0.2) is 32.2 Å². The molecule has 1 saturated carbocycles. The Balaban J connectivity index is 1.50. The van der Waals surface area contributed by atoms with Crippen molar-refractivity contribution in [3.8, 4) is 0 Å². The SMILES string of the molecule is CC(C)(C)[Si](OC[C@]1(O)C[C@@H]1COCc1ccccc1)(c1ccccc1)c1ccccc1. The zero-order valence-electron chi connectivity index (χ0n) is 19.3. The lowest BCUT2D eigenvalue weighted by Gasteiger charge is -2.43. The Bertz CT molecular complexity index is 946. The van der Waals surface area contributed by atoms with Crippen molar-refractivity contribution in [3.63, 3.8) is 0 Å². The van der Waals surface area contributed by atoms with Crippen molar-refractivity contribution in [2.75, 3.05) is 13.2 Å². The van der Waals surface area contributed by atoms with Gasteiger partial charge in [0.2, 0.25) is 0 Å². The minimum Gasteiger partial charge on any atom is -0.404 e. The summed E-state index contributed by atoms with van der Waals surface area (Å²) in [5.74, 6) is 0.115. The molecule has 0 radical (unpaired) electrons. The molecular formula is C28H34O3Si. The van der Waals surface area contributed by atoms with Gasteiger partial charge in [0.05, 0.1) is 25.4 Å². The van der Waals surface area contributed by atoms with Crippen LogP contribution in [-0.2, 0) is 15.8 Å². The minimum absolute atomic E-state index is 0.0970. The molecule has 0 aliphatic heterocycles. The van der Waals surface area contributed by atoms with Crippen molar-refractivity contribution in [2.24, 2.45) is 5.92 Å². The molecule has 4 rings (SSSR count). The highest BCUT2D eigenvalue weighted by atomic mass is 28.4. The summed E-state index contributed by atoms with van der Waals surface area (Å²) in [5.41, 5.74) is 0.337. The maximum absolute atomic E-state index is 11.2. The first-order valence-electron chi connectivity index (χ1n) is 11.4. The molecule has 2 atom stereocenters. The largest absolute Gasteiger partial charge is 0.404 e.